The minimum atomic E-state index is -0.0309. The number of amides is 1. The van der Waals surface area contributed by atoms with Crippen molar-refractivity contribution in [1.29, 1.82) is 0 Å². The maximum Gasteiger partial charge on any atom is 0.253 e. The van der Waals surface area contributed by atoms with Crippen molar-refractivity contribution in [1.82, 2.24) is 14.9 Å². The van der Waals surface area contributed by atoms with E-state index in [4.69, 9.17) is 14.5 Å². The van der Waals surface area contributed by atoms with Crippen LogP contribution in [-0.2, 0) is 19.5 Å². The molecule has 28 heavy (non-hydrogen) atoms. The number of aromatic nitrogens is 2. The van der Waals surface area contributed by atoms with E-state index >= 15 is 0 Å². The molecular weight excluding hydrogens is 356 g/mol. The number of methoxy groups -OCH3 is 2. The van der Waals surface area contributed by atoms with Gasteiger partial charge in [-0.2, -0.15) is 0 Å². The standard InChI is InChI=1S/C21H22N4O3/c1-27-17-10-13-6-8-24(12-14(13)11-18(17)28-2)21-23-16-5-3-4-15-19(16)25(21)9-7-22-20(15)26/h3-5,10-11H,6-9,12H2,1-2H3,(H,22,26). The highest BCUT2D eigenvalue weighted by atomic mass is 16.5. The molecule has 0 bridgehead atoms. The van der Waals surface area contributed by atoms with E-state index in [9.17, 15) is 4.79 Å². The zero-order valence-corrected chi connectivity index (χ0v) is 16.0. The molecule has 0 spiro atoms. The summed E-state index contributed by atoms with van der Waals surface area (Å²) in [7, 11) is 3.32. The van der Waals surface area contributed by atoms with Crippen LogP contribution >= 0.6 is 0 Å². The van der Waals surface area contributed by atoms with Gasteiger partial charge in [0.15, 0.2) is 11.5 Å². The second-order valence-corrected chi connectivity index (χ2v) is 7.14. The van der Waals surface area contributed by atoms with Crippen LogP contribution in [0.5, 0.6) is 11.5 Å². The first-order valence-electron chi connectivity index (χ1n) is 9.45. The number of carbonyl (C=O) groups excluding carboxylic acids is 1. The summed E-state index contributed by atoms with van der Waals surface area (Å²) < 4.78 is 13.1. The molecule has 0 unspecified atom stereocenters. The van der Waals surface area contributed by atoms with Gasteiger partial charge in [0.2, 0.25) is 5.95 Å². The van der Waals surface area contributed by atoms with Crippen molar-refractivity contribution >= 4 is 22.9 Å². The van der Waals surface area contributed by atoms with Gasteiger partial charge in [-0.1, -0.05) is 6.07 Å². The van der Waals surface area contributed by atoms with Crippen LogP contribution < -0.4 is 19.7 Å². The van der Waals surface area contributed by atoms with Crippen LogP contribution in [0.2, 0.25) is 0 Å². The summed E-state index contributed by atoms with van der Waals surface area (Å²) in [6, 6.07) is 9.87. The van der Waals surface area contributed by atoms with Gasteiger partial charge in [-0.25, -0.2) is 4.98 Å². The number of benzene rings is 2. The lowest BCUT2D eigenvalue weighted by Crippen LogP contribution is -2.33. The van der Waals surface area contributed by atoms with E-state index in [0.29, 0.717) is 18.7 Å². The van der Waals surface area contributed by atoms with E-state index in [2.05, 4.69) is 26.9 Å². The third kappa shape index (κ3) is 2.50. The number of hydrogen-bond acceptors (Lipinski definition) is 5. The van der Waals surface area contributed by atoms with Crippen molar-refractivity contribution < 1.29 is 14.3 Å². The Morgan fingerprint density at radius 1 is 1.07 bits per heavy atom. The molecule has 2 aromatic carbocycles. The number of carbonyl (C=O) groups is 1. The summed E-state index contributed by atoms with van der Waals surface area (Å²) in [4.78, 5) is 19.6. The molecule has 7 heteroatoms. The van der Waals surface area contributed by atoms with E-state index in [-0.39, 0.29) is 5.91 Å². The van der Waals surface area contributed by atoms with Crippen LogP contribution in [-0.4, -0.2) is 42.8 Å². The molecule has 5 rings (SSSR count). The Labute approximate surface area is 162 Å². The molecule has 144 valence electrons. The van der Waals surface area contributed by atoms with E-state index in [1.54, 1.807) is 14.2 Å². The molecule has 2 aliphatic rings. The highest BCUT2D eigenvalue weighted by Crippen LogP contribution is 2.35. The first-order valence-corrected chi connectivity index (χ1v) is 9.45. The number of nitrogens with one attached hydrogen (secondary N) is 1. The minimum Gasteiger partial charge on any atom is -0.493 e. The molecule has 7 nitrogen and oxygen atoms in total. The molecule has 0 aliphatic carbocycles. The molecule has 3 heterocycles. The Kier molecular flexibility index (Phi) is 3.89. The predicted molar refractivity (Wildman–Crippen MR) is 106 cm³/mol. The van der Waals surface area contributed by atoms with E-state index in [1.165, 1.54) is 11.1 Å². The second-order valence-electron chi connectivity index (χ2n) is 7.14. The smallest absolute Gasteiger partial charge is 0.253 e. The maximum absolute atomic E-state index is 12.4. The van der Waals surface area contributed by atoms with Gasteiger partial charge in [0.25, 0.3) is 5.91 Å². The summed E-state index contributed by atoms with van der Waals surface area (Å²) in [6.45, 7) is 2.92. The van der Waals surface area contributed by atoms with Crippen LogP contribution in [0.25, 0.3) is 11.0 Å². The summed E-state index contributed by atoms with van der Waals surface area (Å²) in [5, 5.41) is 2.97. The summed E-state index contributed by atoms with van der Waals surface area (Å²) in [5.41, 5.74) is 4.97. The fourth-order valence-corrected chi connectivity index (χ4v) is 4.24. The predicted octanol–water partition coefficient (Wildman–Crippen LogP) is 2.36. The van der Waals surface area contributed by atoms with Crippen LogP contribution in [0, 0.1) is 0 Å². The highest BCUT2D eigenvalue weighted by molar-refractivity contribution is 6.06. The van der Waals surface area contributed by atoms with Gasteiger partial charge in [0.05, 0.1) is 30.8 Å². The number of ether oxygens (including phenoxy) is 2. The fraction of sp³-hybridized carbons (Fsp3) is 0.333. The Morgan fingerprint density at radius 2 is 1.86 bits per heavy atom. The van der Waals surface area contributed by atoms with Gasteiger partial charge in [0, 0.05) is 26.2 Å². The largest absolute Gasteiger partial charge is 0.493 e. The zero-order valence-electron chi connectivity index (χ0n) is 16.0. The average molecular weight is 378 g/mol. The van der Waals surface area contributed by atoms with E-state index in [0.717, 1.165) is 48.0 Å². The molecule has 1 N–H and O–H groups in total. The fourth-order valence-electron chi connectivity index (χ4n) is 4.24. The highest BCUT2D eigenvalue weighted by Gasteiger charge is 2.26. The third-order valence-corrected chi connectivity index (χ3v) is 5.61. The van der Waals surface area contributed by atoms with Crippen LogP contribution in [0.4, 0.5) is 5.95 Å². The van der Waals surface area contributed by atoms with Crippen LogP contribution in [0.15, 0.2) is 30.3 Å². The Bertz CT molecular complexity index is 1090. The number of hydrogen-bond donors (Lipinski definition) is 1. The molecule has 0 radical (unpaired) electrons. The molecule has 0 fully saturated rings. The lowest BCUT2D eigenvalue weighted by Gasteiger charge is -2.30. The van der Waals surface area contributed by atoms with E-state index < -0.39 is 0 Å². The average Bonchev–Trinajstić information content (AvgIpc) is 3.01. The van der Waals surface area contributed by atoms with Crippen molar-refractivity contribution in [3.63, 3.8) is 0 Å². The molecule has 0 atom stereocenters. The summed E-state index contributed by atoms with van der Waals surface area (Å²) >= 11 is 0. The number of para-hydroxylation sites is 1. The van der Waals surface area contributed by atoms with Crippen molar-refractivity contribution in [2.24, 2.45) is 0 Å². The van der Waals surface area contributed by atoms with Gasteiger partial charge >= 0.3 is 0 Å². The molecule has 3 aromatic rings. The van der Waals surface area contributed by atoms with Gasteiger partial charge in [-0.05, 0) is 41.8 Å². The molecule has 1 aromatic heterocycles. The van der Waals surface area contributed by atoms with Crippen LogP contribution in [0.1, 0.15) is 21.5 Å². The van der Waals surface area contributed by atoms with E-state index in [1.807, 2.05) is 18.2 Å². The number of nitrogens with zero attached hydrogens (tertiary/aromatic N) is 3. The second kappa shape index (κ2) is 6.44. The first kappa shape index (κ1) is 16.9. The van der Waals surface area contributed by atoms with Crippen molar-refractivity contribution in [3.8, 4) is 11.5 Å². The number of imidazole rings is 1. The van der Waals surface area contributed by atoms with Gasteiger partial charge in [-0.3, -0.25) is 4.79 Å². The third-order valence-electron chi connectivity index (χ3n) is 5.61. The summed E-state index contributed by atoms with van der Waals surface area (Å²) in [6.07, 6.45) is 0.906. The summed E-state index contributed by atoms with van der Waals surface area (Å²) in [5.74, 6) is 2.39. The number of anilines is 1. The van der Waals surface area contributed by atoms with Crippen molar-refractivity contribution in [3.05, 3.63) is 47.0 Å². The van der Waals surface area contributed by atoms with Crippen molar-refractivity contribution in [2.75, 3.05) is 32.2 Å². The molecule has 0 saturated heterocycles. The Hall–Kier alpha value is -3.22. The molecule has 0 saturated carbocycles. The molecule has 1 amide bonds. The topological polar surface area (TPSA) is 68.6 Å². The Morgan fingerprint density at radius 3 is 2.64 bits per heavy atom. The minimum absolute atomic E-state index is 0.0309. The first-order chi connectivity index (χ1) is 13.7. The lowest BCUT2D eigenvalue weighted by atomic mass is 9.99. The molecular formula is C21H22N4O3. The Balaban J connectivity index is 1.58. The van der Waals surface area contributed by atoms with Crippen LogP contribution in [0.3, 0.4) is 0 Å². The number of rotatable bonds is 3. The lowest BCUT2D eigenvalue weighted by molar-refractivity contribution is 0.0956. The monoisotopic (exact) mass is 378 g/mol. The quantitative estimate of drug-likeness (QED) is 0.758. The van der Waals surface area contributed by atoms with Crippen molar-refractivity contribution in [2.45, 2.75) is 19.5 Å². The number of fused-ring (bicyclic) bond motifs is 1. The molecule has 2 aliphatic heterocycles. The van der Waals surface area contributed by atoms with Gasteiger partial charge in [0.1, 0.15) is 0 Å². The zero-order chi connectivity index (χ0) is 19.3. The normalized spacial score (nSPS) is 15.8. The van der Waals surface area contributed by atoms with Gasteiger partial charge < -0.3 is 24.3 Å². The van der Waals surface area contributed by atoms with Gasteiger partial charge in [-0.15, -0.1) is 0 Å². The maximum atomic E-state index is 12.4. The SMILES string of the molecule is COc1cc2c(cc1OC)CN(c1nc3cccc4c3n1CCNC4=O)CC2.